The molecule has 1 fully saturated rings. The van der Waals surface area contributed by atoms with Crippen LogP contribution in [-0.2, 0) is 4.84 Å². The molecule has 0 amide bonds. The third-order valence-corrected chi connectivity index (χ3v) is 4.92. The number of piperidine rings is 1. The van der Waals surface area contributed by atoms with E-state index >= 15 is 0 Å². The van der Waals surface area contributed by atoms with Crippen LogP contribution in [0.4, 0.5) is 0 Å². The Morgan fingerprint density at radius 1 is 1.26 bits per heavy atom. The Hall–Kier alpha value is -1.40. The average molecular weight is 383 g/mol. The van der Waals surface area contributed by atoms with E-state index in [-0.39, 0.29) is 16.8 Å². The monoisotopic (exact) mass is 382 g/mol. The average Bonchev–Trinajstić information content (AvgIpc) is 2.41. The Morgan fingerprint density at radius 2 is 1.83 bits per heavy atom. The van der Waals surface area contributed by atoms with Crippen LogP contribution < -0.4 is 0 Å². The highest BCUT2D eigenvalue weighted by Crippen LogP contribution is 2.40. The molecule has 0 unspecified atom stereocenters. The van der Waals surface area contributed by atoms with Crippen LogP contribution in [0, 0.1) is 10.1 Å². The molecule has 0 spiro atoms. The summed E-state index contributed by atoms with van der Waals surface area (Å²) in [6.07, 6.45) is 4.01. The minimum absolute atomic E-state index is 0.196. The number of hydroxylamine groups is 2. The van der Waals surface area contributed by atoms with E-state index in [9.17, 15) is 10.1 Å². The van der Waals surface area contributed by atoms with Gasteiger partial charge in [-0.2, -0.15) is 0 Å². The van der Waals surface area contributed by atoms with Crippen molar-refractivity contribution in [3.63, 3.8) is 0 Å². The summed E-state index contributed by atoms with van der Waals surface area (Å²) in [6.45, 7) is 8.44. The number of nitrogens with zero attached hydrogens (tertiary/aromatic N) is 2. The van der Waals surface area contributed by atoms with Crippen LogP contribution >= 0.6 is 15.9 Å². The molecule has 0 aromatic heterocycles. The molecule has 0 radical (unpaired) electrons. The molecule has 126 valence electrons. The maximum Gasteiger partial charge on any atom is 0.279 e. The molecule has 1 saturated heterocycles. The molecule has 6 heteroatoms. The SMILES string of the molecule is CC1(C)CCCC(C)(C)N1O/C(=C/[N+](=O)[O-])c1ccccc1Br. The fourth-order valence-electron chi connectivity index (χ4n) is 3.22. The minimum atomic E-state index is -0.473. The summed E-state index contributed by atoms with van der Waals surface area (Å²) in [5.74, 6) is 0.241. The maximum atomic E-state index is 11.1. The third-order valence-electron chi connectivity index (χ3n) is 4.23. The minimum Gasteiger partial charge on any atom is -0.398 e. The van der Waals surface area contributed by atoms with Crippen LogP contribution in [0.25, 0.3) is 5.76 Å². The summed E-state index contributed by atoms with van der Waals surface area (Å²) in [4.78, 5) is 16.7. The summed E-state index contributed by atoms with van der Waals surface area (Å²) in [6, 6.07) is 7.36. The lowest BCUT2D eigenvalue weighted by Crippen LogP contribution is -2.57. The predicted octanol–water partition coefficient (Wildman–Crippen LogP) is 5.00. The fraction of sp³-hybridized carbons (Fsp3) is 0.529. The topological polar surface area (TPSA) is 55.6 Å². The Kier molecular flexibility index (Phi) is 5.16. The van der Waals surface area contributed by atoms with Crippen LogP contribution in [0.2, 0.25) is 0 Å². The second-order valence-corrected chi connectivity index (χ2v) is 7.98. The first kappa shape index (κ1) is 17.9. The van der Waals surface area contributed by atoms with E-state index in [1.165, 1.54) is 0 Å². The summed E-state index contributed by atoms with van der Waals surface area (Å²) in [5, 5.41) is 13.0. The molecule has 0 saturated carbocycles. The van der Waals surface area contributed by atoms with E-state index in [0.717, 1.165) is 29.9 Å². The van der Waals surface area contributed by atoms with Gasteiger partial charge in [0, 0.05) is 10.0 Å². The van der Waals surface area contributed by atoms with E-state index in [1.54, 1.807) is 0 Å². The highest BCUT2D eigenvalue weighted by molar-refractivity contribution is 9.10. The molecule has 1 aromatic rings. The lowest BCUT2D eigenvalue weighted by atomic mass is 9.82. The molecule has 2 rings (SSSR count). The molecular formula is C17H23BrN2O3. The zero-order valence-electron chi connectivity index (χ0n) is 14.0. The smallest absolute Gasteiger partial charge is 0.279 e. The first-order chi connectivity index (χ1) is 10.6. The van der Waals surface area contributed by atoms with Gasteiger partial charge in [0.25, 0.3) is 6.20 Å². The van der Waals surface area contributed by atoms with Crippen molar-refractivity contribution in [3.8, 4) is 0 Å². The summed E-state index contributed by atoms with van der Waals surface area (Å²) in [7, 11) is 0. The second kappa shape index (κ2) is 6.61. The molecule has 1 aromatic carbocycles. The number of rotatable bonds is 4. The zero-order chi connectivity index (χ0) is 17.3. The van der Waals surface area contributed by atoms with Gasteiger partial charge in [-0.05, 0) is 59.1 Å². The summed E-state index contributed by atoms with van der Waals surface area (Å²) >= 11 is 3.45. The van der Waals surface area contributed by atoms with Crippen LogP contribution in [0.5, 0.6) is 0 Å². The van der Waals surface area contributed by atoms with Crippen LogP contribution in [0.1, 0.15) is 52.5 Å². The number of nitro groups is 1. The van der Waals surface area contributed by atoms with E-state index in [2.05, 4.69) is 43.6 Å². The van der Waals surface area contributed by atoms with Gasteiger partial charge in [0.2, 0.25) is 5.76 Å². The van der Waals surface area contributed by atoms with Crippen molar-refractivity contribution in [1.29, 1.82) is 0 Å². The lowest BCUT2D eigenvalue weighted by Gasteiger charge is -2.50. The van der Waals surface area contributed by atoms with Gasteiger partial charge in [-0.3, -0.25) is 10.1 Å². The van der Waals surface area contributed by atoms with Crippen molar-refractivity contribution < 1.29 is 9.76 Å². The van der Waals surface area contributed by atoms with E-state index in [4.69, 9.17) is 4.84 Å². The molecule has 0 N–H and O–H groups in total. The van der Waals surface area contributed by atoms with Crippen molar-refractivity contribution in [3.05, 3.63) is 50.6 Å². The molecule has 0 atom stereocenters. The highest BCUT2D eigenvalue weighted by atomic mass is 79.9. The predicted molar refractivity (Wildman–Crippen MR) is 94.0 cm³/mol. The molecule has 1 aliphatic heterocycles. The number of halogens is 1. The molecule has 1 aliphatic rings. The normalized spacial score (nSPS) is 21.0. The van der Waals surface area contributed by atoms with Gasteiger partial charge < -0.3 is 4.84 Å². The van der Waals surface area contributed by atoms with Crippen LogP contribution in [0.3, 0.4) is 0 Å². The van der Waals surface area contributed by atoms with Gasteiger partial charge in [0.15, 0.2) is 0 Å². The van der Waals surface area contributed by atoms with Gasteiger partial charge in [0.1, 0.15) is 0 Å². The first-order valence-corrected chi connectivity index (χ1v) is 8.51. The van der Waals surface area contributed by atoms with Gasteiger partial charge in [-0.25, -0.2) is 0 Å². The summed E-state index contributed by atoms with van der Waals surface area (Å²) in [5.41, 5.74) is 0.276. The number of benzene rings is 1. The molecular weight excluding hydrogens is 360 g/mol. The van der Waals surface area contributed by atoms with Crippen molar-refractivity contribution in [2.45, 2.75) is 58.0 Å². The van der Waals surface area contributed by atoms with Gasteiger partial charge in [-0.15, -0.1) is 5.06 Å². The fourth-order valence-corrected chi connectivity index (χ4v) is 3.70. The Bertz CT molecular complexity index is 610. The van der Waals surface area contributed by atoms with E-state index < -0.39 is 4.92 Å². The largest absolute Gasteiger partial charge is 0.398 e. The first-order valence-electron chi connectivity index (χ1n) is 7.72. The lowest BCUT2D eigenvalue weighted by molar-refractivity contribution is -0.404. The zero-order valence-corrected chi connectivity index (χ0v) is 15.6. The van der Waals surface area contributed by atoms with Gasteiger partial charge in [0.05, 0.1) is 16.0 Å². The van der Waals surface area contributed by atoms with E-state index in [1.807, 2.05) is 29.3 Å². The van der Waals surface area contributed by atoms with Gasteiger partial charge >= 0.3 is 0 Å². The van der Waals surface area contributed by atoms with E-state index in [0.29, 0.717) is 5.56 Å². The maximum absolute atomic E-state index is 11.1. The van der Waals surface area contributed by atoms with Crippen molar-refractivity contribution in [2.24, 2.45) is 0 Å². The molecule has 1 heterocycles. The molecule has 5 nitrogen and oxygen atoms in total. The van der Waals surface area contributed by atoms with Crippen molar-refractivity contribution in [1.82, 2.24) is 5.06 Å². The summed E-state index contributed by atoms with van der Waals surface area (Å²) < 4.78 is 0.765. The van der Waals surface area contributed by atoms with Gasteiger partial charge in [-0.1, -0.05) is 28.1 Å². The Balaban J connectivity index is 2.42. The molecule has 0 aliphatic carbocycles. The molecule has 0 bridgehead atoms. The van der Waals surface area contributed by atoms with Crippen molar-refractivity contribution >= 4 is 21.7 Å². The molecule has 23 heavy (non-hydrogen) atoms. The Labute approximate surface area is 145 Å². The number of hydrogen-bond acceptors (Lipinski definition) is 4. The van der Waals surface area contributed by atoms with Crippen LogP contribution in [-0.4, -0.2) is 21.1 Å². The van der Waals surface area contributed by atoms with Crippen molar-refractivity contribution in [2.75, 3.05) is 0 Å². The standard InChI is InChI=1S/C17H23BrN2O3/c1-16(2)10-7-11-17(3,4)20(16)23-15(12-19(21)22)13-8-5-6-9-14(13)18/h5-6,8-9,12H,7,10-11H2,1-4H3/b15-12+. The quantitative estimate of drug-likeness (QED) is 0.417. The Morgan fingerprint density at radius 3 is 2.35 bits per heavy atom. The van der Waals surface area contributed by atoms with Crippen LogP contribution in [0.15, 0.2) is 34.9 Å². The third kappa shape index (κ3) is 4.12. The number of hydrogen-bond donors (Lipinski definition) is 0. The highest BCUT2D eigenvalue weighted by Gasteiger charge is 2.44. The second-order valence-electron chi connectivity index (χ2n) is 7.12.